The van der Waals surface area contributed by atoms with E-state index in [1.54, 1.807) is 16.5 Å². The lowest BCUT2D eigenvalue weighted by Gasteiger charge is -2.26. The smallest absolute Gasteiger partial charge is 0.214 e. The van der Waals surface area contributed by atoms with Crippen LogP contribution in [0.2, 0.25) is 0 Å². The molecule has 12 heteroatoms. The average molecular weight is 550 g/mol. The molecule has 0 saturated carbocycles. The van der Waals surface area contributed by atoms with Crippen LogP contribution in [0.1, 0.15) is 25.5 Å². The number of imidazole rings is 1. The Morgan fingerprint density at radius 2 is 1.82 bits per heavy atom. The van der Waals surface area contributed by atoms with E-state index >= 15 is 0 Å². The molecule has 4 atom stereocenters. The molecule has 2 aromatic heterocycles. The highest BCUT2D eigenvalue weighted by Gasteiger charge is 2.45. The molecular weight excluding hydrogens is 514 g/mol. The summed E-state index contributed by atoms with van der Waals surface area (Å²) in [5.74, 6) is 1.12. The van der Waals surface area contributed by atoms with Crippen LogP contribution >= 0.6 is 0 Å². The topological polar surface area (TPSA) is 178 Å². The highest BCUT2D eigenvalue weighted by molar-refractivity contribution is 5.85. The van der Waals surface area contributed by atoms with Gasteiger partial charge in [0, 0.05) is 7.05 Å². The third kappa shape index (κ3) is 5.31. The average Bonchev–Trinajstić information content (AvgIpc) is 3.50. The first-order valence-corrected chi connectivity index (χ1v) is 13.3. The predicted octanol–water partition coefficient (Wildman–Crippen LogP) is 1.96. The molecule has 1 fully saturated rings. The summed E-state index contributed by atoms with van der Waals surface area (Å²) in [5.41, 5.74) is 15.1. The van der Waals surface area contributed by atoms with E-state index in [1.807, 2.05) is 48.5 Å². The minimum absolute atomic E-state index is 0.154. The summed E-state index contributed by atoms with van der Waals surface area (Å²) in [6.45, 7) is 0.677. The second-order valence-electron chi connectivity index (χ2n) is 9.75. The number of hydrogen-bond acceptors (Lipinski definition) is 11. The van der Waals surface area contributed by atoms with Crippen LogP contribution in [0.15, 0.2) is 54.9 Å². The normalized spacial score (nSPS) is 20.7. The fourth-order valence-corrected chi connectivity index (χ4v) is 4.91. The fraction of sp³-hybridized carbons (Fsp3) is 0.393. The molecule has 1 aliphatic rings. The van der Waals surface area contributed by atoms with Crippen LogP contribution in [0, 0.1) is 0 Å². The Kier molecular flexibility index (Phi) is 8.43. The van der Waals surface area contributed by atoms with Gasteiger partial charge in [-0.05, 0) is 49.1 Å². The molecule has 2 unspecified atom stereocenters. The van der Waals surface area contributed by atoms with Crippen LogP contribution in [0.3, 0.4) is 0 Å². The van der Waals surface area contributed by atoms with Gasteiger partial charge in [-0.25, -0.2) is 15.0 Å². The monoisotopic (exact) mass is 549 g/mol. The molecular formula is C28H35N7O5. The Hall–Kier alpha value is -3.81. The van der Waals surface area contributed by atoms with Gasteiger partial charge in [-0.2, -0.15) is 0 Å². The van der Waals surface area contributed by atoms with Crippen LogP contribution in [-0.2, 0) is 4.74 Å². The van der Waals surface area contributed by atoms with Gasteiger partial charge in [-0.1, -0.05) is 36.4 Å². The molecule has 1 saturated heterocycles. The molecule has 3 heterocycles. The molecule has 212 valence electrons. The zero-order valence-electron chi connectivity index (χ0n) is 22.3. The van der Waals surface area contributed by atoms with Crippen molar-refractivity contribution in [1.82, 2.24) is 19.5 Å². The van der Waals surface area contributed by atoms with Crippen LogP contribution in [0.5, 0.6) is 5.75 Å². The first-order chi connectivity index (χ1) is 19.4. The van der Waals surface area contributed by atoms with Crippen molar-refractivity contribution in [3.63, 3.8) is 0 Å². The van der Waals surface area contributed by atoms with Gasteiger partial charge in [0.1, 0.15) is 30.4 Å². The van der Waals surface area contributed by atoms with Gasteiger partial charge in [0.05, 0.1) is 18.9 Å². The summed E-state index contributed by atoms with van der Waals surface area (Å²) >= 11 is 0. The van der Waals surface area contributed by atoms with Crippen LogP contribution in [0.4, 0.5) is 17.5 Å². The highest BCUT2D eigenvalue weighted by Crippen LogP contribution is 2.41. The van der Waals surface area contributed by atoms with Crippen molar-refractivity contribution in [2.75, 3.05) is 37.4 Å². The number of aliphatic hydroxyl groups excluding tert-OH is 3. The second kappa shape index (κ2) is 12.1. The molecule has 1 aliphatic heterocycles. The molecule has 0 bridgehead atoms. The van der Waals surface area contributed by atoms with E-state index in [4.69, 9.17) is 25.9 Å². The molecule has 7 N–H and O–H groups in total. The largest absolute Gasteiger partial charge is 0.491 e. The van der Waals surface area contributed by atoms with Crippen LogP contribution in [0.25, 0.3) is 22.3 Å². The Bertz CT molecular complexity index is 1430. The number of hydrogen-bond donors (Lipinski definition) is 5. The van der Waals surface area contributed by atoms with E-state index in [2.05, 4.69) is 9.97 Å². The molecule has 0 aliphatic carbocycles. The van der Waals surface area contributed by atoms with Gasteiger partial charge < -0.3 is 41.2 Å². The van der Waals surface area contributed by atoms with Gasteiger partial charge in [0.25, 0.3) is 0 Å². The SMILES string of the molecule is CN(c1ccc(-c2ccccc2)cc1OCCCCCN)c1nc2c(N)ncnc2n1[C@@H]1O[C@H](CO)C(O)C1O. The van der Waals surface area contributed by atoms with Crippen molar-refractivity contribution >= 4 is 28.6 Å². The van der Waals surface area contributed by atoms with Crippen molar-refractivity contribution in [1.29, 1.82) is 0 Å². The maximum Gasteiger partial charge on any atom is 0.214 e. The van der Waals surface area contributed by atoms with Gasteiger partial charge in [0.15, 0.2) is 23.2 Å². The molecule has 0 spiro atoms. The summed E-state index contributed by atoms with van der Waals surface area (Å²) in [6, 6.07) is 15.9. The number of unbranched alkanes of at least 4 members (excludes halogenated alkanes) is 2. The van der Waals surface area contributed by atoms with Gasteiger partial charge in [0.2, 0.25) is 5.95 Å². The lowest BCUT2D eigenvalue weighted by molar-refractivity contribution is -0.0503. The summed E-state index contributed by atoms with van der Waals surface area (Å²) < 4.78 is 13.7. The van der Waals surface area contributed by atoms with Gasteiger partial charge >= 0.3 is 0 Å². The number of fused-ring (bicyclic) bond motifs is 1. The molecule has 2 aromatic carbocycles. The number of nitrogens with two attached hydrogens (primary N) is 2. The van der Waals surface area contributed by atoms with Crippen molar-refractivity contribution in [2.24, 2.45) is 5.73 Å². The van der Waals surface area contributed by atoms with Crippen molar-refractivity contribution in [2.45, 2.75) is 43.8 Å². The van der Waals surface area contributed by atoms with Gasteiger partial charge in [-0.15, -0.1) is 0 Å². The summed E-state index contributed by atoms with van der Waals surface area (Å²) in [5, 5.41) is 31.0. The lowest BCUT2D eigenvalue weighted by Crippen LogP contribution is -2.33. The number of nitrogens with zero attached hydrogens (tertiary/aromatic N) is 5. The maximum absolute atomic E-state index is 10.9. The summed E-state index contributed by atoms with van der Waals surface area (Å²) in [4.78, 5) is 14.9. The Balaban J connectivity index is 1.58. The second-order valence-corrected chi connectivity index (χ2v) is 9.75. The highest BCUT2D eigenvalue weighted by atomic mass is 16.6. The van der Waals surface area contributed by atoms with Crippen molar-refractivity contribution in [3.8, 4) is 16.9 Å². The lowest BCUT2D eigenvalue weighted by atomic mass is 10.0. The standard InChI is InChI=1S/C28H35N7O5/c1-34(19-11-10-18(17-8-4-2-5-9-17)14-20(19)39-13-7-3-6-12-29)28-33-22-25(30)31-16-32-26(22)35(28)27-24(38)23(37)21(15-36)40-27/h2,4-5,8-11,14,16,21,23-24,27,36-38H,3,6-7,12-13,15,29H2,1H3,(H2,30,31,32)/t21-,23?,24?,27-/m1/s1. The van der Waals surface area contributed by atoms with E-state index < -0.39 is 31.1 Å². The molecule has 0 radical (unpaired) electrons. The van der Waals surface area contributed by atoms with Crippen LogP contribution in [-0.4, -0.2) is 80.0 Å². The van der Waals surface area contributed by atoms with E-state index in [0.29, 0.717) is 41.7 Å². The zero-order chi connectivity index (χ0) is 28.2. The molecule has 5 rings (SSSR count). The number of aliphatic hydroxyl groups is 3. The molecule has 4 aromatic rings. The molecule has 40 heavy (non-hydrogen) atoms. The number of aromatic nitrogens is 4. The molecule has 0 amide bonds. The Morgan fingerprint density at radius 3 is 2.55 bits per heavy atom. The van der Waals surface area contributed by atoms with E-state index in [1.165, 1.54) is 6.33 Å². The summed E-state index contributed by atoms with van der Waals surface area (Å²) in [6.07, 6.45) is -0.690. The van der Waals surface area contributed by atoms with E-state index in [-0.39, 0.29) is 5.82 Å². The number of nitrogen functional groups attached to an aromatic ring is 1. The number of benzene rings is 2. The molecule has 12 nitrogen and oxygen atoms in total. The number of ether oxygens (including phenoxy) is 2. The van der Waals surface area contributed by atoms with Gasteiger partial charge in [-0.3, -0.25) is 4.57 Å². The number of anilines is 3. The number of rotatable bonds is 11. The first kappa shape index (κ1) is 27.7. The van der Waals surface area contributed by atoms with Crippen molar-refractivity contribution < 1.29 is 24.8 Å². The third-order valence-corrected chi connectivity index (χ3v) is 7.09. The van der Waals surface area contributed by atoms with Crippen LogP contribution < -0.4 is 21.1 Å². The Labute approximate surface area is 231 Å². The zero-order valence-corrected chi connectivity index (χ0v) is 22.3. The Morgan fingerprint density at radius 1 is 1.02 bits per heavy atom. The van der Waals surface area contributed by atoms with E-state index in [0.717, 1.165) is 30.4 Å². The summed E-state index contributed by atoms with van der Waals surface area (Å²) in [7, 11) is 1.81. The third-order valence-electron chi connectivity index (χ3n) is 7.09. The van der Waals surface area contributed by atoms with E-state index in [9.17, 15) is 15.3 Å². The maximum atomic E-state index is 10.9. The van der Waals surface area contributed by atoms with Crippen molar-refractivity contribution in [3.05, 3.63) is 54.9 Å². The first-order valence-electron chi connectivity index (χ1n) is 13.3. The minimum atomic E-state index is -1.35. The minimum Gasteiger partial charge on any atom is -0.491 e. The fourth-order valence-electron chi connectivity index (χ4n) is 4.91. The quantitative estimate of drug-likeness (QED) is 0.173. The predicted molar refractivity (Wildman–Crippen MR) is 151 cm³/mol.